The van der Waals surface area contributed by atoms with Gasteiger partial charge in [0.2, 0.25) is 17.6 Å². The van der Waals surface area contributed by atoms with Gasteiger partial charge in [-0.25, -0.2) is 0 Å². The Morgan fingerprint density at radius 2 is 2.09 bits per heavy atom. The van der Waals surface area contributed by atoms with Crippen LogP contribution in [0, 0.1) is 5.92 Å². The highest BCUT2D eigenvalue weighted by molar-refractivity contribution is 5.95. The Morgan fingerprint density at radius 3 is 2.87 bits per heavy atom. The third-order valence-corrected chi connectivity index (χ3v) is 4.90. The molecular weight excluding hydrogens is 290 g/mol. The molecule has 1 saturated heterocycles. The highest BCUT2D eigenvalue weighted by Gasteiger charge is 2.23. The van der Waals surface area contributed by atoms with E-state index in [4.69, 9.17) is 4.52 Å². The zero-order valence-electron chi connectivity index (χ0n) is 13.2. The van der Waals surface area contributed by atoms with Gasteiger partial charge >= 0.3 is 0 Å². The molecule has 0 radical (unpaired) electrons. The summed E-state index contributed by atoms with van der Waals surface area (Å²) in [5.41, 5.74) is 1.83. The lowest BCUT2D eigenvalue weighted by Crippen LogP contribution is -2.23. The van der Waals surface area contributed by atoms with Crippen LogP contribution in [0.25, 0.3) is 11.4 Å². The number of hydrogen-bond acceptors (Lipinski definition) is 4. The second kappa shape index (κ2) is 6.14. The predicted octanol–water partition coefficient (Wildman–Crippen LogP) is 3.60. The molecule has 0 bridgehead atoms. The first-order valence-corrected chi connectivity index (χ1v) is 8.53. The van der Waals surface area contributed by atoms with Crippen molar-refractivity contribution in [3.05, 3.63) is 30.2 Å². The molecule has 2 aromatic rings. The van der Waals surface area contributed by atoms with Crippen LogP contribution in [0.5, 0.6) is 0 Å². The lowest BCUT2D eigenvalue weighted by Gasteiger charge is -2.15. The fourth-order valence-corrected chi connectivity index (χ4v) is 3.65. The van der Waals surface area contributed by atoms with E-state index in [1.165, 1.54) is 25.7 Å². The number of benzene rings is 1. The van der Waals surface area contributed by atoms with Gasteiger partial charge in [0.15, 0.2) is 0 Å². The Kier molecular flexibility index (Phi) is 3.85. The summed E-state index contributed by atoms with van der Waals surface area (Å²) >= 11 is 0. The van der Waals surface area contributed by atoms with E-state index >= 15 is 0 Å². The molecule has 120 valence electrons. The third kappa shape index (κ3) is 3.00. The van der Waals surface area contributed by atoms with E-state index in [1.54, 1.807) is 0 Å². The molecule has 1 aliphatic carbocycles. The number of nitrogens with zero attached hydrogens (tertiary/aromatic N) is 3. The molecule has 1 amide bonds. The lowest BCUT2D eigenvalue weighted by atomic mass is 10.0. The Balaban J connectivity index is 1.53. The zero-order valence-corrected chi connectivity index (χ0v) is 13.2. The molecule has 0 spiro atoms. The number of hydrogen-bond donors (Lipinski definition) is 0. The molecule has 0 N–H and O–H groups in total. The number of carbonyl (C=O) groups excluding carboxylic acids is 1. The minimum Gasteiger partial charge on any atom is -0.339 e. The van der Waals surface area contributed by atoms with Crippen LogP contribution in [0.4, 0.5) is 5.69 Å². The summed E-state index contributed by atoms with van der Waals surface area (Å²) in [5.74, 6) is 2.23. The normalized spacial score (nSPS) is 19.0. The minimum absolute atomic E-state index is 0.192. The number of aromatic nitrogens is 2. The number of rotatable bonds is 4. The van der Waals surface area contributed by atoms with Crippen LogP contribution in [0.2, 0.25) is 0 Å². The van der Waals surface area contributed by atoms with Crippen molar-refractivity contribution in [1.29, 1.82) is 0 Å². The summed E-state index contributed by atoms with van der Waals surface area (Å²) in [7, 11) is 0. The van der Waals surface area contributed by atoms with Gasteiger partial charge in [0.05, 0.1) is 0 Å². The zero-order chi connectivity index (χ0) is 15.6. The van der Waals surface area contributed by atoms with Gasteiger partial charge < -0.3 is 9.42 Å². The van der Waals surface area contributed by atoms with Crippen molar-refractivity contribution in [2.45, 2.75) is 44.9 Å². The fourth-order valence-electron chi connectivity index (χ4n) is 3.65. The highest BCUT2D eigenvalue weighted by atomic mass is 16.5. The van der Waals surface area contributed by atoms with Crippen LogP contribution in [-0.2, 0) is 11.2 Å². The molecule has 5 nitrogen and oxygen atoms in total. The van der Waals surface area contributed by atoms with E-state index in [0.717, 1.165) is 36.5 Å². The summed E-state index contributed by atoms with van der Waals surface area (Å²) < 4.78 is 5.43. The Hall–Kier alpha value is -2.17. The fraction of sp³-hybridized carbons (Fsp3) is 0.500. The molecule has 2 heterocycles. The Labute approximate surface area is 135 Å². The summed E-state index contributed by atoms with van der Waals surface area (Å²) in [6.07, 6.45) is 7.62. The van der Waals surface area contributed by atoms with Crippen LogP contribution in [0.15, 0.2) is 28.8 Å². The molecule has 0 atom stereocenters. The summed E-state index contributed by atoms with van der Waals surface area (Å²) in [6.45, 7) is 0.793. The van der Waals surface area contributed by atoms with Crippen molar-refractivity contribution >= 4 is 11.6 Å². The summed E-state index contributed by atoms with van der Waals surface area (Å²) in [5, 5.41) is 4.13. The van der Waals surface area contributed by atoms with E-state index in [2.05, 4.69) is 10.1 Å². The molecule has 2 aliphatic rings. The van der Waals surface area contributed by atoms with Crippen molar-refractivity contribution < 1.29 is 9.32 Å². The van der Waals surface area contributed by atoms with Crippen LogP contribution < -0.4 is 4.90 Å². The maximum atomic E-state index is 11.9. The number of carbonyl (C=O) groups is 1. The molecule has 23 heavy (non-hydrogen) atoms. The molecule has 1 aromatic heterocycles. The smallest absolute Gasteiger partial charge is 0.227 e. The largest absolute Gasteiger partial charge is 0.339 e. The predicted molar refractivity (Wildman–Crippen MR) is 87.0 cm³/mol. The maximum absolute atomic E-state index is 11.9. The Bertz CT molecular complexity index is 704. The van der Waals surface area contributed by atoms with Crippen molar-refractivity contribution in [3.63, 3.8) is 0 Å². The first-order chi connectivity index (χ1) is 11.3. The molecular formula is C18H21N3O2. The van der Waals surface area contributed by atoms with Gasteiger partial charge in [0.25, 0.3) is 0 Å². The van der Waals surface area contributed by atoms with Crippen molar-refractivity contribution in [2.75, 3.05) is 11.4 Å². The van der Waals surface area contributed by atoms with Gasteiger partial charge in [-0.1, -0.05) is 30.1 Å². The SMILES string of the molecule is O=C1CCCN1c1cccc(-c2noc(CC3CCCC3)n2)c1. The quantitative estimate of drug-likeness (QED) is 0.865. The Morgan fingerprint density at radius 1 is 1.22 bits per heavy atom. The van der Waals surface area contributed by atoms with Gasteiger partial charge in [-0.15, -0.1) is 0 Å². The first kappa shape index (κ1) is 14.4. The van der Waals surface area contributed by atoms with Crippen LogP contribution >= 0.6 is 0 Å². The van der Waals surface area contributed by atoms with E-state index in [1.807, 2.05) is 29.2 Å². The third-order valence-electron chi connectivity index (χ3n) is 4.90. The standard InChI is InChI=1S/C18H21N3O2/c22-17-9-4-10-21(17)15-8-3-7-14(12-15)18-19-16(23-20-18)11-13-5-1-2-6-13/h3,7-8,12-13H,1-2,4-6,9-11H2. The van der Waals surface area contributed by atoms with E-state index in [-0.39, 0.29) is 5.91 Å². The average molecular weight is 311 g/mol. The van der Waals surface area contributed by atoms with Gasteiger partial charge in [-0.05, 0) is 37.3 Å². The van der Waals surface area contributed by atoms with Crippen molar-refractivity contribution in [1.82, 2.24) is 10.1 Å². The van der Waals surface area contributed by atoms with Gasteiger partial charge in [-0.3, -0.25) is 4.79 Å². The number of anilines is 1. The van der Waals surface area contributed by atoms with Crippen LogP contribution in [0.3, 0.4) is 0 Å². The molecule has 4 rings (SSSR count). The van der Waals surface area contributed by atoms with Crippen LogP contribution in [0.1, 0.15) is 44.4 Å². The van der Waals surface area contributed by atoms with Gasteiger partial charge in [-0.2, -0.15) is 4.98 Å². The molecule has 1 aliphatic heterocycles. The summed E-state index contributed by atoms with van der Waals surface area (Å²) in [6, 6.07) is 7.86. The topological polar surface area (TPSA) is 59.2 Å². The monoisotopic (exact) mass is 311 g/mol. The van der Waals surface area contributed by atoms with Crippen molar-refractivity contribution in [2.24, 2.45) is 5.92 Å². The molecule has 2 fully saturated rings. The van der Waals surface area contributed by atoms with Crippen LogP contribution in [-0.4, -0.2) is 22.6 Å². The number of amides is 1. The second-order valence-electron chi connectivity index (χ2n) is 6.57. The lowest BCUT2D eigenvalue weighted by molar-refractivity contribution is -0.117. The van der Waals surface area contributed by atoms with E-state index in [0.29, 0.717) is 18.2 Å². The van der Waals surface area contributed by atoms with E-state index in [9.17, 15) is 4.79 Å². The maximum Gasteiger partial charge on any atom is 0.227 e. The average Bonchev–Trinajstić information content (AvgIpc) is 3.30. The molecule has 0 unspecified atom stereocenters. The van der Waals surface area contributed by atoms with Gasteiger partial charge in [0.1, 0.15) is 0 Å². The molecule has 1 saturated carbocycles. The highest BCUT2D eigenvalue weighted by Crippen LogP contribution is 2.29. The second-order valence-corrected chi connectivity index (χ2v) is 6.57. The molecule has 5 heteroatoms. The van der Waals surface area contributed by atoms with Gasteiger partial charge in [0, 0.05) is 30.6 Å². The molecule has 1 aromatic carbocycles. The summed E-state index contributed by atoms with van der Waals surface area (Å²) in [4.78, 5) is 18.3. The first-order valence-electron chi connectivity index (χ1n) is 8.53. The van der Waals surface area contributed by atoms with Crippen molar-refractivity contribution in [3.8, 4) is 11.4 Å². The van der Waals surface area contributed by atoms with E-state index < -0.39 is 0 Å². The minimum atomic E-state index is 0.192.